The summed E-state index contributed by atoms with van der Waals surface area (Å²) in [5.74, 6) is 0. The molecule has 0 bridgehead atoms. The van der Waals surface area contributed by atoms with E-state index in [0.717, 1.165) is 6.54 Å². The van der Waals surface area contributed by atoms with E-state index in [9.17, 15) is 13.2 Å². The van der Waals surface area contributed by atoms with Crippen molar-refractivity contribution in [2.75, 3.05) is 0 Å². The van der Waals surface area contributed by atoms with Crippen molar-refractivity contribution < 1.29 is 17.7 Å². The number of unbranched alkanes of at least 4 members (excludes halogenated alkanes) is 3. The highest BCUT2D eigenvalue weighted by Gasteiger charge is 1.99. The lowest BCUT2D eigenvalue weighted by Gasteiger charge is -1.95. The molecule has 0 aromatic carbocycles. The Bertz CT molecular complexity index is 295. The molecule has 1 heterocycles. The first-order chi connectivity index (χ1) is 8.10. The highest BCUT2D eigenvalue weighted by atomic mass is 19.4. The van der Waals surface area contributed by atoms with E-state index in [-0.39, 0.29) is 0 Å². The molecule has 98 valence electrons. The maximum Gasteiger partial charge on any atom is 0.379 e. The second kappa shape index (κ2) is 9.93. The molecule has 1 aromatic rings. The standard InChI is InChI=1S/C11H19N2.CHF3/c1-3-5-6-7-8-13-10-9-12(4-2)11-13;2-1(3)4/h4,9-11H,2-3,5-8H2,1H3;1H/q+1;. The molecule has 0 fully saturated rings. The third-order valence-corrected chi connectivity index (χ3v) is 2.19. The number of rotatable bonds is 6. The van der Waals surface area contributed by atoms with Gasteiger partial charge in [-0.1, -0.05) is 26.3 Å². The maximum atomic E-state index is 9.67. The molecular weight excluding hydrogens is 229 g/mol. The molecule has 1 rings (SSSR count). The fourth-order valence-corrected chi connectivity index (χ4v) is 1.37. The average molecular weight is 249 g/mol. The average Bonchev–Trinajstić information content (AvgIpc) is 2.71. The van der Waals surface area contributed by atoms with Gasteiger partial charge in [0.15, 0.2) is 0 Å². The Hall–Kier alpha value is -1.26. The normalized spacial score (nSPS) is 9.94. The molecule has 0 N–H and O–H groups in total. The van der Waals surface area contributed by atoms with Crippen molar-refractivity contribution in [3.05, 3.63) is 25.3 Å². The van der Waals surface area contributed by atoms with E-state index in [4.69, 9.17) is 0 Å². The number of nitrogens with zero attached hydrogens (tertiary/aromatic N) is 2. The van der Waals surface area contributed by atoms with Crippen molar-refractivity contribution in [1.29, 1.82) is 0 Å². The van der Waals surface area contributed by atoms with E-state index >= 15 is 0 Å². The van der Waals surface area contributed by atoms with Crippen LogP contribution in [0, 0.1) is 0 Å². The lowest BCUT2D eigenvalue weighted by Crippen LogP contribution is -2.21. The lowest BCUT2D eigenvalue weighted by molar-refractivity contribution is -0.567. The van der Waals surface area contributed by atoms with Gasteiger partial charge in [0, 0.05) is 0 Å². The molecule has 0 aliphatic carbocycles. The number of halogens is 3. The summed E-state index contributed by atoms with van der Waals surface area (Å²) in [5.41, 5.74) is 0. The monoisotopic (exact) mass is 249 g/mol. The van der Waals surface area contributed by atoms with Gasteiger partial charge < -0.3 is 0 Å². The molecule has 1 aromatic heterocycles. The van der Waals surface area contributed by atoms with E-state index in [2.05, 4.69) is 30.6 Å². The molecule has 0 saturated carbocycles. The summed E-state index contributed by atoms with van der Waals surface area (Å²) in [5, 5.41) is 0. The Balaban J connectivity index is 0.000000557. The molecule has 0 aliphatic rings. The van der Waals surface area contributed by atoms with Crippen LogP contribution in [0.4, 0.5) is 13.2 Å². The minimum Gasteiger partial charge on any atom is -0.236 e. The summed E-state index contributed by atoms with van der Waals surface area (Å²) >= 11 is 0. The number of hydrogen-bond donors (Lipinski definition) is 0. The fraction of sp³-hybridized carbons (Fsp3) is 0.583. The van der Waals surface area contributed by atoms with Crippen LogP contribution in [0.25, 0.3) is 6.20 Å². The molecule has 5 heteroatoms. The van der Waals surface area contributed by atoms with Crippen LogP contribution >= 0.6 is 0 Å². The van der Waals surface area contributed by atoms with Crippen LogP contribution in [-0.2, 0) is 6.54 Å². The Morgan fingerprint density at radius 3 is 2.41 bits per heavy atom. The Morgan fingerprint density at radius 1 is 1.29 bits per heavy atom. The summed E-state index contributed by atoms with van der Waals surface area (Å²) in [7, 11) is 0. The van der Waals surface area contributed by atoms with E-state index in [1.165, 1.54) is 25.7 Å². The zero-order chi connectivity index (χ0) is 13.1. The molecule has 0 saturated heterocycles. The molecule has 0 unspecified atom stereocenters. The Labute approximate surface area is 100 Å². The first-order valence-electron chi connectivity index (χ1n) is 5.71. The summed E-state index contributed by atoms with van der Waals surface area (Å²) in [6.07, 6.45) is 13.3. The van der Waals surface area contributed by atoms with Crippen molar-refractivity contribution in [3.8, 4) is 0 Å². The second-order valence-electron chi connectivity index (χ2n) is 3.59. The zero-order valence-corrected chi connectivity index (χ0v) is 10.2. The SMILES string of the molecule is C=C[n+]1ccn(CCCCCC)c1.FC(F)F. The Kier molecular flexibility index (Phi) is 9.19. The summed E-state index contributed by atoms with van der Waals surface area (Å²) < 4.78 is 33.2. The summed E-state index contributed by atoms with van der Waals surface area (Å²) in [4.78, 5) is 0. The highest BCUT2D eigenvalue weighted by molar-refractivity contribution is 4.94. The van der Waals surface area contributed by atoms with Gasteiger partial charge in [0.1, 0.15) is 12.4 Å². The topological polar surface area (TPSA) is 8.81 Å². The van der Waals surface area contributed by atoms with E-state index < -0.39 is 6.68 Å². The van der Waals surface area contributed by atoms with Gasteiger partial charge in [-0.15, -0.1) is 0 Å². The van der Waals surface area contributed by atoms with E-state index in [1.54, 1.807) is 0 Å². The van der Waals surface area contributed by atoms with Crippen LogP contribution in [0.5, 0.6) is 0 Å². The molecule has 0 radical (unpaired) electrons. The molecule has 0 amide bonds. The predicted octanol–water partition coefficient (Wildman–Crippen LogP) is 3.63. The maximum absolute atomic E-state index is 9.67. The van der Waals surface area contributed by atoms with Crippen LogP contribution in [0.3, 0.4) is 0 Å². The number of aromatic nitrogens is 2. The van der Waals surface area contributed by atoms with E-state index in [1.807, 2.05) is 17.0 Å². The van der Waals surface area contributed by atoms with Crippen molar-refractivity contribution in [3.63, 3.8) is 0 Å². The molecule has 2 nitrogen and oxygen atoms in total. The molecule has 0 spiro atoms. The highest BCUT2D eigenvalue weighted by Crippen LogP contribution is 2.00. The van der Waals surface area contributed by atoms with Crippen molar-refractivity contribution in [2.24, 2.45) is 0 Å². The van der Waals surface area contributed by atoms with Gasteiger partial charge in [0.05, 0.1) is 12.7 Å². The Morgan fingerprint density at radius 2 is 1.94 bits per heavy atom. The van der Waals surface area contributed by atoms with Gasteiger partial charge in [-0.3, -0.25) is 0 Å². The third-order valence-electron chi connectivity index (χ3n) is 2.19. The lowest BCUT2D eigenvalue weighted by atomic mass is 10.2. The van der Waals surface area contributed by atoms with Crippen LogP contribution < -0.4 is 4.57 Å². The van der Waals surface area contributed by atoms with Gasteiger partial charge >= 0.3 is 6.68 Å². The van der Waals surface area contributed by atoms with Crippen LogP contribution in [0.15, 0.2) is 25.3 Å². The number of alkyl halides is 3. The van der Waals surface area contributed by atoms with Gasteiger partial charge in [0.2, 0.25) is 6.33 Å². The second-order valence-corrected chi connectivity index (χ2v) is 3.59. The minimum atomic E-state index is -3.67. The van der Waals surface area contributed by atoms with E-state index in [0.29, 0.717) is 0 Å². The molecule has 0 atom stereocenters. The molecular formula is C12H20F3N2+. The fourth-order valence-electron chi connectivity index (χ4n) is 1.37. The third kappa shape index (κ3) is 9.66. The predicted molar refractivity (Wildman–Crippen MR) is 62.3 cm³/mol. The zero-order valence-electron chi connectivity index (χ0n) is 10.2. The van der Waals surface area contributed by atoms with Gasteiger partial charge in [-0.05, 0) is 12.8 Å². The summed E-state index contributed by atoms with van der Waals surface area (Å²) in [6.45, 7) is 3.40. The summed E-state index contributed by atoms with van der Waals surface area (Å²) in [6, 6.07) is 0. The number of imidazole rings is 1. The molecule has 17 heavy (non-hydrogen) atoms. The quantitative estimate of drug-likeness (QED) is 0.537. The van der Waals surface area contributed by atoms with Crippen LogP contribution in [-0.4, -0.2) is 11.2 Å². The smallest absolute Gasteiger partial charge is 0.236 e. The largest absolute Gasteiger partial charge is 0.379 e. The van der Waals surface area contributed by atoms with Crippen molar-refractivity contribution in [2.45, 2.75) is 45.8 Å². The number of aryl methyl sites for hydroxylation is 1. The first-order valence-corrected chi connectivity index (χ1v) is 5.71. The van der Waals surface area contributed by atoms with Gasteiger partial charge in [0.25, 0.3) is 0 Å². The molecule has 0 aliphatic heterocycles. The van der Waals surface area contributed by atoms with Crippen molar-refractivity contribution in [1.82, 2.24) is 4.57 Å². The number of hydrogen-bond acceptors (Lipinski definition) is 0. The van der Waals surface area contributed by atoms with Gasteiger partial charge in [-0.2, -0.15) is 13.2 Å². The first kappa shape index (κ1) is 15.7. The van der Waals surface area contributed by atoms with Crippen molar-refractivity contribution >= 4 is 6.20 Å². The van der Waals surface area contributed by atoms with Crippen LogP contribution in [0.2, 0.25) is 0 Å². The minimum absolute atomic E-state index is 1.13. The van der Waals surface area contributed by atoms with Gasteiger partial charge in [-0.25, -0.2) is 9.13 Å². The van der Waals surface area contributed by atoms with Crippen LogP contribution in [0.1, 0.15) is 32.6 Å².